The highest BCUT2D eigenvalue weighted by molar-refractivity contribution is 7.93. The number of morpholine rings is 1. The second kappa shape index (κ2) is 9.53. The molecule has 25 heavy (non-hydrogen) atoms. The number of sulfonamides is 1. The Labute approximate surface area is 148 Å². The lowest BCUT2D eigenvalue weighted by Crippen LogP contribution is -2.36. The molecule has 1 aromatic rings. The molecule has 0 atom stereocenters. The Bertz CT molecular complexity index is 717. The van der Waals surface area contributed by atoms with E-state index in [0.29, 0.717) is 31.8 Å². The molecule has 1 N–H and O–H groups in total. The van der Waals surface area contributed by atoms with Gasteiger partial charge in [-0.1, -0.05) is 12.1 Å². The maximum atomic E-state index is 12.2. The van der Waals surface area contributed by atoms with Gasteiger partial charge in [-0.05, 0) is 30.2 Å². The number of nitrogens with zero attached hydrogens (tertiary/aromatic N) is 2. The topological polar surface area (TPSA) is 91.7 Å². The monoisotopic (exact) mass is 365 g/mol. The minimum absolute atomic E-state index is 0.227. The molecule has 0 amide bonds. The lowest BCUT2D eigenvalue weighted by molar-refractivity contribution is 0.122. The highest BCUT2D eigenvalue weighted by Gasteiger charge is 2.17. The fourth-order valence-electron chi connectivity index (χ4n) is 2.43. The number of nitriles is 1. The number of ether oxygens (including phenoxy) is 2. The molecule has 1 aliphatic heterocycles. The van der Waals surface area contributed by atoms with Crippen LogP contribution in [0.2, 0.25) is 0 Å². The van der Waals surface area contributed by atoms with Crippen LogP contribution < -0.4 is 9.62 Å². The number of methoxy groups -OCH3 is 1. The number of allylic oxidation sites excluding steroid dienone is 1. The van der Waals surface area contributed by atoms with Gasteiger partial charge in [0.2, 0.25) is 0 Å². The van der Waals surface area contributed by atoms with Crippen molar-refractivity contribution < 1.29 is 17.9 Å². The van der Waals surface area contributed by atoms with Crippen molar-refractivity contribution in [2.75, 3.05) is 51.5 Å². The summed E-state index contributed by atoms with van der Waals surface area (Å²) in [5.74, 6) is 0. The van der Waals surface area contributed by atoms with Gasteiger partial charge in [0.25, 0.3) is 10.0 Å². The summed E-state index contributed by atoms with van der Waals surface area (Å²) in [4.78, 5) is 1.90. The van der Waals surface area contributed by atoms with Gasteiger partial charge in [0.15, 0.2) is 4.91 Å². The molecule has 136 valence electrons. The van der Waals surface area contributed by atoms with Gasteiger partial charge in [-0.2, -0.15) is 5.26 Å². The third-order valence-corrected chi connectivity index (χ3v) is 5.16. The van der Waals surface area contributed by atoms with E-state index >= 15 is 0 Å². The van der Waals surface area contributed by atoms with Crippen LogP contribution in [0.4, 0.5) is 5.69 Å². The van der Waals surface area contributed by atoms with Crippen LogP contribution in [0.15, 0.2) is 29.2 Å². The SMILES string of the molecule is COCCCNS(=O)(=O)/C(C#N)=C/c1ccc(N2CCOCC2)cc1. The standard InChI is InChI=1S/C17H23N3O4S/c1-23-10-2-7-19-25(21,22)17(14-18)13-15-3-5-16(6-4-15)20-8-11-24-12-9-20/h3-6,13,19H,2,7-12H2,1H3/b17-13+. The van der Waals surface area contributed by atoms with Crippen molar-refractivity contribution in [1.82, 2.24) is 4.72 Å². The van der Waals surface area contributed by atoms with Gasteiger partial charge in [0.05, 0.1) is 13.2 Å². The Kier molecular flexibility index (Phi) is 7.40. The van der Waals surface area contributed by atoms with Gasteiger partial charge in [-0.15, -0.1) is 0 Å². The van der Waals surface area contributed by atoms with E-state index < -0.39 is 10.0 Å². The Morgan fingerprint density at radius 1 is 1.36 bits per heavy atom. The predicted octanol–water partition coefficient (Wildman–Crippen LogP) is 1.34. The quantitative estimate of drug-likeness (QED) is 0.552. The Hall–Kier alpha value is -1.92. The fourth-order valence-corrected chi connectivity index (χ4v) is 3.41. The molecular weight excluding hydrogens is 342 g/mol. The van der Waals surface area contributed by atoms with Crippen LogP contribution in [0.3, 0.4) is 0 Å². The predicted molar refractivity (Wildman–Crippen MR) is 96.5 cm³/mol. The van der Waals surface area contributed by atoms with Crippen molar-refractivity contribution in [1.29, 1.82) is 5.26 Å². The van der Waals surface area contributed by atoms with E-state index in [0.717, 1.165) is 18.8 Å². The Morgan fingerprint density at radius 2 is 2.04 bits per heavy atom. The summed E-state index contributed by atoms with van der Waals surface area (Å²) in [7, 11) is -2.26. The number of hydrogen-bond acceptors (Lipinski definition) is 6. The van der Waals surface area contributed by atoms with Crippen LogP contribution in [-0.2, 0) is 19.5 Å². The number of hydrogen-bond donors (Lipinski definition) is 1. The molecule has 0 radical (unpaired) electrons. The fraction of sp³-hybridized carbons (Fsp3) is 0.471. The molecule has 0 unspecified atom stereocenters. The second-order valence-corrected chi connectivity index (χ2v) is 7.29. The highest BCUT2D eigenvalue weighted by atomic mass is 32.2. The number of nitrogens with one attached hydrogen (secondary N) is 1. The minimum Gasteiger partial charge on any atom is -0.385 e. The van der Waals surface area contributed by atoms with Crippen LogP contribution >= 0.6 is 0 Å². The van der Waals surface area contributed by atoms with E-state index in [-0.39, 0.29) is 11.4 Å². The normalized spacial score (nSPS) is 15.8. The molecule has 0 saturated carbocycles. The first-order valence-corrected chi connectivity index (χ1v) is 9.58. The maximum Gasteiger partial charge on any atom is 0.250 e. The van der Waals surface area contributed by atoms with E-state index in [2.05, 4.69) is 9.62 Å². The zero-order valence-electron chi connectivity index (χ0n) is 14.3. The first-order valence-electron chi connectivity index (χ1n) is 8.10. The van der Waals surface area contributed by atoms with Crippen molar-refractivity contribution >= 4 is 21.8 Å². The molecule has 7 nitrogen and oxygen atoms in total. The molecule has 0 spiro atoms. The summed E-state index contributed by atoms with van der Waals surface area (Å²) in [6.07, 6.45) is 1.92. The summed E-state index contributed by atoms with van der Waals surface area (Å²) < 4.78 is 37.0. The van der Waals surface area contributed by atoms with Gasteiger partial charge >= 0.3 is 0 Å². The largest absolute Gasteiger partial charge is 0.385 e. The molecule has 1 aromatic carbocycles. The average molecular weight is 365 g/mol. The summed E-state index contributed by atoms with van der Waals surface area (Å²) in [5.41, 5.74) is 1.72. The molecule has 0 bridgehead atoms. The van der Waals surface area contributed by atoms with Gasteiger partial charge in [0.1, 0.15) is 6.07 Å². The van der Waals surface area contributed by atoms with E-state index in [9.17, 15) is 13.7 Å². The van der Waals surface area contributed by atoms with Crippen molar-refractivity contribution in [3.8, 4) is 6.07 Å². The lowest BCUT2D eigenvalue weighted by Gasteiger charge is -2.28. The molecule has 0 aromatic heterocycles. The molecule has 2 rings (SSSR count). The average Bonchev–Trinajstić information content (AvgIpc) is 2.64. The van der Waals surface area contributed by atoms with E-state index in [1.807, 2.05) is 24.3 Å². The van der Waals surface area contributed by atoms with Crippen LogP contribution in [0, 0.1) is 11.3 Å². The van der Waals surface area contributed by atoms with Crippen molar-refractivity contribution in [2.24, 2.45) is 0 Å². The third kappa shape index (κ3) is 5.83. The van der Waals surface area contributed by atoms with Crippen LogP contribution in [-0.4, -0.2) is 55.0 Å². The molecule has 8 heteroatoms. The first-order chi connectivity index (χ1) is 12.1. The number of rotatable bonds is 8. The second-order valence-electron chi connectivity index (χ2n) is 5.56. The number of anilines is 1. The zero-order valence-corrected chi connectivity index (χ0v) is 15.1. The molecule has 1 aliphatic rings. The van der Waals surface area contributed by atoms with Crippen molar-refractivity contribution in [3.63, 3.8) is 0 Å². The summed E-state index contributed by atoms with van der Waals surface area (Å²) >= 11 is 0. The molecule has 1 saturated heterocycles. The summed E-state index contributed by atoms with van der Waals surface area (Å²) in [6, 6.07) is 9.22. The highest BCUT2D eigenvalue weighted by Crippen LogP contribution is 2.19. The Balaban J connectivity index is 2.06. The molecule has 1 fully saturated rings. The Morgan fingerprint density at radius 3 is 2.64 bits per heavy atom. The van der Waals surface area contributed by atoms with Crippen LogP contribution in [0.25, 0.3) is 6.08 Å². The van der Waals surface area contributed by atoms with Gasteiger partial charge in [-0.25, -0.2) is 13.1 Å². The zero-order chi connectivity index (χ0) is 18.1. The summed E-state index contributed by atoms with van der Waals surface area (Å²) in [6.45, 7) is 3.75. The molecule has 1 heterocycles. The van der Waals surface area contributed by atoms with Gasteiger partial charge < -0.3 is 14.4 Å². The van der Waals surface area contributed by atoms with Gasteiger partial charge in [0, 0.05) is 39.0 Å². The van der Waals surface area contributed by atoms with Crippen LogP contribution in [0.5, 0.6) is 0 Å². The number of benzene rings is 1. The maximum absolute atomic E-state index is 12.2. The van der Waals surface area contributed by atoms with Crippen molar-refractivity contribution in [3.05, 3.63) is 34.7 Å². The van der Waals surface area contributed by atoms with Gasteiger partial charge in [-0.3, -0.25) is 0 Å². The van der Waals surface area contributed by atoms with E-state index in [1.54, 1.807) is 13.2 Å². The lowest BCUT2D eigenvalue weighted by atomic mass is 10.2. The van der Waals surface area contributed by atoms with Crippen molar-refractivity contribution in [2.45, 2.75) is 6.42 Å². The summed E-state index contributed by atoms with van der Waals surface area (Å²) in [5, 5.41) is 9.20. The third-order valence-electron chi connectivity index (χ3n) is 3.78. The smallest absolute Gasteiger partial charge is 0.250 e. The molecular formula is C17H23N3O4S. The molecule has 0 aliphatic carbocycles. The first kappa shape index (κ1) is 19.4. The van der Waals surface area contributed by atoms with Crippen LogP contribution in [0.1, 0.15) is 12.0 Å². The minimum atomic E-state index is -3.81. The van der Waals surface area contributed by atoms with E-state index in [1.165, 1.54) is 6.08 Å². The van der Waals surface area contributed by atoms with E-state index in [4.69, 9.17) is 9.47 Å².